The number of carbonyl (C=O) groups excluding carboxylic acids is 1. The average molecular weight is 323 g/mol. The van der Waals surface area contributed by atoms with E-state index in [1.54, 1.807) is 4.90 Å². The maximum atomic E-state index is 12.4. The van der Waals surface area contributed by atoms with Crippen LogP contribution in [-0.4, -0.2) is 13.0 Å². The molecule has 1 aliphatic carbocycles. The van der Waals surface area contributed by atoms with Crippen LogP contribution in [0.3, 0.4) is 0 Å². The number of benzene rings is 1. The van der Waals surface area contributed by atoms with E-state index in [4.69, 9.17) is 5.73 Å². The van der Waals surface area contributed by atoms with Gasteiger partial charge in [0.15, 0.2) is 0 Å². The van der Waals surface area contributed by atoms with Crippen molar-refractivity contribution in [2.24, 2.45) is 5.92 Å². The molecule has 2 N–H and O–H groups in total. The second-order valence-corrected chi connectivity index (χ2v) is 6.62. The van der Waals surface area contributed by atoms with Gasteiger partial charge in [0, 0.05) is 22.9 Å². The van der Waals surface area contributed by atoms with Crippen molar-refractivity contribution in [2.75, 3.05) is 17.7 Å². The fourth-order valence-corrected chi connectivity index (χ4v) is 3.82. The van der Waals surface area contributed by atoms with Crippen LogP contribution >= 0.6 is 15.9 Å². The summed E-state index contributed by atoms with van der Waals surface area (Å²) in [5.41, 5.74) is 8.74. The van der Waals surface area contributed by atoms with Gasteiger partial charge in [-0.3, -0.25) is 4.79 Å². The lowest BCUT2D eigenvalue weighted by atomic mass is 9.89. The molecule has 0 saturated heterocycles. The molecule has 1 heterocycles. The predicted octanol–water partition coefficient (Wildman–Crippen LogP) is 3.67. The first-order valence-electron chi connectivity index (χ1n) is 6.94. The average Bonchev–Trinajstić information content (AvgIpc) is 2.96. The van der Waals surface area contributed by atoms with Gasteiger partial charge in [-0.15, -0.1) is 0 Å². The third kappa shape index (κ3) is 2.16. The minimum Gasteiger partial charge on any atom is -0.398 e. The number of rotatable bonds is 2. The van der Waals surface area contributed by atoms with Gasteiger partial charge in [-0.25, -0.2) is 0 Å². The molecule has 1 saturated carbocycles. The van der Waals surface area contributed by atoms with Crippen LogP contribution < -0.4 is 10.6 Å². The Labute approximate surface area is 122 Å². The van der Waals surface area contributed by atoms with Crippen LogP contribution in [0.2, 0.25) is 0 Å². The quantitative estimate of drug-likeness (QED) is 0.844. The van der Waals surface area contributed by atoms with Gasteiger partial charge in [0.25, 0.3) is 0 Å². The highest BCUT2D eigenvalue weighted by molar-refractivity contribution is 9.10. The molecule has 1 fully saturated rings. The second-order valence-electron chi connectivity index (χ2n) is 5.77. The summed E-state index contributed by atoms with van der Waals surface area (Å²) in [6.45, 7) is 0. The largest absolute Gasteiger partial charge is 0.398 e. The summed E-state index contributed by atoms with van der Waals surface area (Å²) in [4.78, 5) is 14.2. The van der Waals surface area contributed by atoms with E-state index in [9.17, 15) is 4.79 Å². The lowest BCUT2D eigenvalue weighted by molar-refractivity contribution is -0.119. The van der Waals surface area contributed by atoms with Crippen molar-refractivity contribution < 1.29 is 4.79 Å². The molecule has 0 radical (unpaired) electrons. The highest BCUT2D eigenvalue weighted by Gasteiger charge is 2.37. The van der Waals surface area contributed by atoms with E-state index in [1.807, 2.05) is 19.2 Å². The Kier molecular flexibility index (Phi) is 3.29. The van der Waals surface area contributed by atoms with Crippen molar-refractivity contribution in [3.8, 4) is 0 Å². The lowest BCUT2D eigenvalue weighted by Crippen LogP contribution is -2.24. The third-order valence-corrected chi connectivity index (χ3v) is 5.24. The van der Waals surface area contributed by atoms with Crippen LogP contribution in [0, 0.1) is 5.92 Å². The zero-order valence-corrected chi connectivity index (χ0v) is 12.7. The fourth-order valence-electron chi connectivity index (χ4n) is 3.46. The van der Waals surface area contributed by atoms with Crippen LogP contribution in [0.25, 0.3) is 0 Å². The Hall–Kier alpha value is -1.03. The van der Waals surface area contributed by atoms with E-state index in [1.165, 1.54) is 25.7 Å². The highest BCUT2D eigenvalue weighted by atomic mass is 79.9. The molecule has 1 amide bonds. The molecule has 3 nitrogen and oxygen atoms in total. The van der Waals surface area contributed by atoms with E-state index < -0.39 is 0 Å². The van der Waals surface area contributed by atoms with Crippen molar-refractivity contribution in [3.63, 3.8) is 0 Å². The van der Waals surface area contributed by atoms with Gasteiger partial charge >= 0.3 is 0 Å². The minimum absolute atomic E-state index is 0.0278. The Bertz CT molecular complexity index is 523. The number of hydrogen-bond donors (Lipinski definition) is 1. The summed E-state index contributed by atoms with van der Waals surface area (Å²) in [6, 6.07) is 3.94. The molecule has 1 aromatic rings. The summed E-state index contributed by atoms with van der Waals surface area (Å²) in [7, 11) is 1.85. The number of nitrogens with zero attached hydrogens (tertiary/aromatic N) is 1. The number of amides is 1. The molecule has 2 aliphatic rings. The van der Waals surface area contributed by atoms with Gasteiger partial charge in [-0.05, 0) is 46.0 Å². The topological polar surface area (TPSA) is 46.3 Å². The van der Waals surface area contributed by atoms with Crippen LogP contribution in [0.15, 0.2) is 16.6 Å². The third-order valence-electron chi connectivity index (χ3n) is 4.56. The first-order chi connectivity index (χ1) is 9.08. The summed E-state index contributed by atoms with van der Waals surface area (Å²) in [6.07, 6.45) is 6.18. The fraction of sp³-hybridized carbons (Fsp3) is 0.533. The number of nitrogens with two attached hydrogens (primary N) is 1. The number of likely N-dealkylation sites (N-methyl/N-ethyl adjacent to an activating group) is 1. The van der Waals surface area contributed by atoms with Crippen molar-refractivity contribution in [3.05, 3.63) is 22.2 Å². The number of halogens is 1. The maximum Gasteiger partial charge on any atom is 0.234 e. The van der Waals surface area contributed by atoms with Gasteiger partial charge in [-0.2, -0.15) is 0 Å². The van der Waals surface area contributed by atoms with E-state index in [-0.39, 0.29) is 11.8 Å². The molecule has 0 spiro atoms. The SMILES string of the molecule is CN1C(=O)C(CC2CCCC2)c2cc(Br)c(N)cc21. The number of anilines is 2. The van der Waals surface area contributed by atoms with Crippen molar-refractivity contribution in [2.45, 2.75) is 38.0 Å². The van der Waals surface area contributed by atoms with Crippen LogP contribution in [0.5, 0.6) is 0 Å². The lowest BCUT2D eigenvalue weighted by Gasteiger charge is -2.15. The molecule has 1 aliphatic heterocycles. The Morgan fingerprint density at radius 3 is 2.74 bits per heavy atom. The minimum atomic E-state index is 0.0278. The first kappa shape index (κ1) is 13.0. The molecule has 1 atom stereocenters. The van der Waals surface area contributed by atoms with Crippen LogP contribution in [-0.2, 0) is 4.79 Å². The molecule has 1 unspecified atom stereocenters. The predicted molar refractivity (Wildman–Crippen MR) is 81.3 cm³/mol. The second kappa shape index (κ2) is 4.82. The Morgan fingerprint density at radius 2 is 2.05 bits per heavy atom. The van der Waals surface area contributed by atoms with E-state index in [0.717, 1.165) is 22.1 Å². The summed E-state index contributed by atoms with van der Waals surface area (Å²) < 4.78 is 0.894. The molecule has 1 aromatic carbocycles. The highest BCUT2D eigenvalue weighted by Crippen LogP contribution is 2.45. The number of nitrogen functional groups attached to an aromatic ring is 1. The standard InChI is InChI=1S/C15H19BrN2O/c1-18-14-8-13(17)12(16)7-10(14)11(15(18)19)6-9-4-2-3-5-9/h7-9,11H,2-6,17H2,1H3. The summed E-state index contributed by atoms with van der Waals surface area (Å²) in [5.74, 6) is 0.962. The zero-order chi connectivity index (χ0) is 13.6. The summed E-state index contributed by atoms with van der Waals surface area (Å²) in [5, 5.41) is 0. The van der Waals surface area contributed by atoms with Crippen molar-refractivity contribution >= 4 is 33.2 Å². The van der Waals surface area contributed by atoms with Crippen molar-refractivity contribution in [1.82, 2.24) is 0 Å². The van der Waals surface area contributed by atoms with E-state index in [0.29, 0.717) is 11.6 Å². The molecule has 4 heteroatoms. The first-order valence-corrected chi connectivity index (χ1v) is 7.73. The molecular formula is C15H19BrN2O. The van der Waals surface area contributed by atoms with Gasteiger partial charge < -0.3 is 10.6 Å². The van der Waals surface area contributed by atoms with E-state index >= 15 is 0 Å². The van der Waals surface area contributed by atoms with Crippen molar-refractivity contribution in [1.29, 1.82) is 0 Å². The van der Waals surface area contributed by atoms with Gasteiger partial charge in [-0.1, -0.05) is 25.7 Å². The smallest absolute Gasteiger partial charge is 0.234 e. The molecule has 19 heavy (non-hydrogen) atoms. The van der Waals surface area contributed by atoms with Gasteiger partial charge in [0.1, 0.15) is 0 Å². The normalized spacial score (nSPS) is 23.2. The molecule has 0 bridgehead atoms. The molecule has 3 rings (SSSR count). The monoisotopic (exact) mass is 322 g/mol. The zero-order valence-electron chi connectivity index (χ0n) is 11.2. The Balaban J connectivity index is 1.94. The van der Waals surface area contributed by atoms with Crippen LogP contribution in [0.4, 0.5) is 11.4 Å². The molecular weight excluding hydrogens is 304 g/mol. The van der Waals surface area contributed by atoms with Crippen LogP contribution in [0.1, 0.15) is 43.6 Å². The summed E-state index contributed by atoms with van der Waals surface area (Å²) >= 11 is 3.47. The van der Waals surface area contributed by atoms with E-state index in [2.05, 4.69) is 15.9 Å². The number of fused-ring (bicyclic) bond motifs is 1. The molecule has 0 aromatic heterocycles. The van der Waals surface area contributed by atoms with Gasteiger partial charge in [0.2, 0.25) is 5.91 Å². The molecule has 102 valence electrons. The van der Waals surface area contributed by atoms with Gasteiger partial charge in [0.05, 0.1) is 5.92 Å². The maximum absolute atomic E-state index is 12.4. The number of carbonyl (C=O) groups is 1. The number of hydrogen-bond acceptors (Lipinski definition) is 2. The Morgan fingerprint density at radius 1 is 1.37 bits per heavy atom.